The second-order valence-corrected chi connectivity index (χ2v) is 9.05. The predicted octanol–water partition coefficient (Wildman–Crippen LogP) is 8.45. The first-order valence-corrected chi connectivity index (χ1v) is 11.8. The van der Waals surface area contributed by atoms with E-state index in [-0.39, 0.29) is 0 Å². The fourth-order valence-corrected chi connectivity index (χ4v) is 4.88. The molecule has 0 aromatic carbocycles. The van der Waals surface area contributed by atoms with E-state index in [0.29, 0.717) is 5.92 Å². The van der Waals surface area contributed by atoms with Crippen molar-refractivity contribution in [3.05, 3.63) is 36.2 Å². The molecule has 0 saturated heterocycles. The summed E-state index contributed by atoms with van der Waals surface area (Å²) in [5.41, 5.74) is 0. The van der Waals surface area contributed by atoms with E-state index in [2.05, 4.69) is 25.2 Å². The molecule has 0 aliphatic heterocycles. The summed E-state index contributed by atoms with van der Waals surface area (Å²) in [6.07, 6.45) is 29.1. The van der Waals surface area contributed by atoms with Crippen LogP contribution in [0.2, 0.25) is 0 Å². The number of nitriles is 1. The molecule has 0 aromatic rings. The lowest BCUT2D eigenvalue weighted by molar-refractivity contribution is 0.287. The van der Waals surface area contributed by atoms with Crippen molar-refractivity contribution in [2.75, 3.05) is 0 Å². The van der Waals surface area contributed by atoms with E-state index < -0.39 is 5.83 Å². The Bertz CT molecular complexity index is 537. The van der Waals surface area contributed by atoms with Gasteiger partial charge in [-0.1, -0.05) is 69.8 Å². The van der Waals surface area contributed by atoms with E-state index in [0.717, 1.165) is 17.8 Å². The zero-order valence-corrected chi connectivity index (χ0v) is 17.9. The van der Waals surface area contributed by atoms with Crippen molar-refractivity contribution in [3.63, 3.8) is 0 Å². The van der Waals surface area contributed by atoms with E-state index in [1.54, 1.807) is 6.08 Å². The second-order valence-electron chi connectivity index (χ2n) is 9.05. The van der Waals surface area contributed by atoms with Gasteiger partial charge in [0.1, 0.15) is 6.07 Å². The average Bonchev–Trinajstić information content (AvgIpc) is 2.73. The third-order valence-corrected chi connectivity index (χ3v) is 6.81. The molecule has 0 atom stereocenters. The summed E-state index contributed by atoms with van der Waals surface area (Å²) in [4.78, 5) is 0. The zero-order chi connectivity index (χ0) is 20.0. The van der Waals surface area contributed by atoms with Crippen molar-refractivity contribution < 1.29 is 4.39 Å². The number of nitrogens with zero attached hydrogens (tertiary/aromatic N) is 1. The van der Waals surface area contributed by atoms with Gasteiger partial charge in [0.25, 0.3) is 0 Å². The summed E-state index contributed by atoms with van der Waals surface area (Å²) in [6, 6.07) is 1.51. The maximum Gasteiger partial charge on any atom is 0.199 e. The van der Waals surface area contributed by atoms with Gasteiger partial charge < -0.3 is 0 Å². The molecule has 0 N–H and O–H groups in total. The molecule has 2 aliphatic rings. The largest absolute Gasteiger partial charge is 0.199 e. The molecule has 2 heteroatoms. The van der Waals surface area contributed by atoms with Crippen LogP contribution in [0.4, 0.5) is 4.39 Å². The molecule has 0 spiro atoms. The molecule has 2 aliphatic carbocycles. The number of allylic oxidation sites excluding steroid dienone is 6. The Morgan fingerprint density at radius 3 is 1.93 bits per heavy atom. The standard InChI is InChI=1S/C26H40FN/c1-2-3-4-5-6-8-22-11-15-24(16-12-22)19-20-25-17-13-23(14-18-25)9-7-10-26(27)21-28/h7,9-10,19-20,22-25H,2-6,8,11-18H2,1H3/b9-7?,20-19+,26-10?. The lowest BCUT2D eigenvalue weighted by Gasteiger charge is -2.28. The molecule has 0 radical (unpaired) electrons. The quantitative estimate of drug-likeness (QED) is 0.160. The third kappa shape index (κ3) is 9.22. The minimum atomic E-state index is -0.709. The number of rotatable bonds is 10. The second kappa shape index (κ2) is 13.8. The monoisotopic (exact) mass is 385 g/mol. The van der Waals surface area contributed by atoms with Gasteiger partial charge in [-0.25, -0.2) is 0 Å². The predicted molar refractivity (Wildman–Crippen MR) is 117 cm³/mol. The SMILES string of the molecule is CCCCCCCC1CCC(/C=C/C2CCC(C=CC=C(F)C#N)CC2)CC1. The van der Waals surface area contributed by atoms with Crippen molar-refractivity contribution in [1.82, 2.24) is 0 Å². The molecule has 0 bridgehead atoms. The molecule has 1 nitrogen and oxygen atoms in total. The molecule has 0 amide bonds. The van der Waals surface area contributed by atoms with Crippen LogP contribution in [0, 0.1) is 35.0 Å². The molecular weight excluding hydrogens is 345 g/mol. The summed E-state index contributed by atoms with van der Waals surface area (Å²) in [5.74, 6) is 2.37. The molecule has 2 saturated carbocycles. The van der Waals surface area contributed by atoms with Crippen molar-refractivity contribution in [1.29, 1.82) is 5.26 Å². The highest BCUT2D eigenvalue weighted by Crippen LogP contribution is 2.35. The van der Waals surface area contributed by atoms with Gasteiger partial charge in [-0.15, -0.1) is 0 Å². The van der Waals surface area contributed by atoms with Crippen LogP contribution in [0.25, 0.3) is 0 Å². The van der Waals surface area contributed by atoms with Crippen molar-refractivity contribution in [2.45, 2.75) is 96.8 Å². The van der Waals surface area contributed by atoms with Crippen LogP contribution in [0.15, 0.2) is 36.2 Å². The van der Waals surface area contributed by atoms with Gasteiger partial charge in [0.15, 0.2) is 5.83 Å². The number of hydrogen-bond acceptors (Lipinski definition) is 1. The molecular formula is C26H40FN. The number of halogens is 1. The molecule has 0 heterocycles. The summed E-state index contributed by atoms with van der Waals surface area (Å²) < 4.78 is 12.8. The van der Waals surface area contributed by atoms with Crippen LogP contribution in [-0.2, 0) is 0 Å². The zero-order valence-electron chi connectivity index (χ0n) is 17.9. The molecule has 2 fully saturated rings. The van der Waals surface area contributed by atoms with Gasteiger partial charge in [0, 0.05) is 0 Å². The van der Waals surface area contributed by atoms with Crippen molar-refractivity contribution >= 4 is 0 Å². The molecule has 0 aromatic heterocycles. The molecule has 156 valence electrons. The molecule has 0 unspecified atom stereocenters. The summed E-state index contributed by atoms with van der Waals surface area (Å²) in [5, 5.41) is 8.42. The Kier molecular flexibility index (Phi) is 11.3. The Labute approximate surface area is 172 Å². The Balaban J connectivity index is 1.58. The Morgan fingerprint density at radius 1 is 0.821 bits per heavy atom. The third-order valence-electron chi connectivity index (χ3n) is 6.81. The summed E-state index contributed by atoms with van der Waals surface area (Å²) in [6.45, 7) is 2.29. The van der Waals surface area contributed by atoms with E-state index in [9.17, 15) is 4.39 Å². The van der Waals surface area contributed by atoms with Crippen LogP contribution in [0.5, 0.6) is 0 Å². The average molecular weight is 386 g/mol. The van der Waals surface area contributed by atoms with Crippen LogP contribution in [-0.4, -0.2) is 0 Å². The first kappa shape index (κ1) is 22.9. The Morgan fingerprint density at radius 2 is 1.36 bits per heavy atom. The first-order valence-electron chi connectivity index (χ1n) is 11.8. The van der Waals surface area contributed by atoms with Gasteiger partial charge in [-0.05, 0) is 81.1 Å². The van der Waals surface area contributed by atoms with E-state index in [1.807, 2.05) is 0 Å². The lowest BCUT2D eigenvalue weighted by Crippen LogP contribution is -2.14. The van der Waals surface area contributed by atoms with Gasteiger partial charge in [-0.2, -0.15) is 9.65 Å². The number of unbranched alkanes of at least 4 members (excludes halogenated alkanes) is 4. The van der Waals surface area contributed by atoms with Crippen LogP contribution < -0.4 is 0 Å². The highest BCUT2D eigenvalue weighted by molar-refractivity contribution is 5.19. The topological polar surface area (TPSA) is 23.8 Å². The minimum Gasteiger partial charge on any atom is -0.195 e. The van der Waals surface area contributed by atoms with Gasteiger partial charge in [0.05, 0.1) is 0 Å². The van der Waals surface area contributed by atoms with E-state index >= 15 is 0 Å². The summed E-state index contributed by atoms with van der Waals surface area (Å²) in [7, 11) is 0. The van der Waals surface area contributed by atoms with Gasteiger partial charge in [-0.3, -0.25) is 0 Å². The normalized spacial score (nSPS) is 29.4. The maximum absolute atomic E-state index is 12.8. The highest BCUT2D eigenvalue weighted by atomic mass is 19.1. The minimum absolute atomic E-state index is 0.542. The number of hydrogen-bond donors (Lipinski definition) is 0. The van der Waals surface area contributed by atoms with Crippen LogP contribution >= 0.6 is 0 Å². The Hall–Kier alpha value is -1.36. The van der Waals surface area contributed by atoms with E-state index in [4.69, 9.17) is 5.26 Å². The summed E-state index contributed by atoms with van der Waals surface area (Å²) >= 11 is 0. The smallest absolute Gasteiger partial charge is 0.195 e. The van der Waals surface area contributed by atoms with Crippen molar-refractivity contribution in [3.8, 4) is 6.07 Å². The lowest BCUT2D eigenvalue weighted by atomic mass is 9.78. The van der Waals surface area contributed by atoms with Crippen molar-refractivity contribution in [2.24, 2.45) is 23.7 Å². The highest BCUT2D eigenvalue weighted by Gasteiger charge is 2.21. The van der Waals surface area contributed by atoms with Gasteiger partial charge >= 0.3 is 0 Å². The fourth-order valence-electron chi connectivity index (χ4n) is 4.88. The maximum atomic E-state index is 12.8. The fraction of sp³-hybridized carbons (Fsp3) is 0.731. The van der Waals surface area contributed by atoms with E-state index in [1.165, 1.54) is 102 Å². The molecule has 28 heavy (non-hydrogen) atoms. The van der Waals surface area contributed by atoms with Gasteiger partial charge in [0.2, 0.25) is 0 Å². The molecule has 2 rings (SSSR count). The van der Waals surface area contributed by atoms with Crippen LogP contribution in [0.3, 0.4) is 0 Å². The van der Waals surface area contributed by atoms with Crippen LogP contribution in [0.1, 0.15) is 96.8 Å². The first-order chi connectivity index (χ1) is 13.7.